The standard InChI is InChI=1S/2C17H12Cl2O4.2ClH.2H2N.Pt/c2*18-14-7-4-12(9-15(14)19)16(20)8-3-11-1-5-13(6-2-11)23-10-17(21)22;;;;;/h2*1-9H,10H2,(H,21,22);2*1H;2*1H2;/q;;;;2*-1;+4/p-2/b2*8-3+;;;;;. The van der Waals surface area contributed by atoms with Crippen molar-refractivity contribution in [3.05, 3.63) is 152 Å². The van der Waals surface area contributed by atoms with Crippen LogP contribution in [0.1, 0.15) is 31.8 Å². The van der Waals surface area contributed by atoms with Gasteiger partial charge in [-0.15, -0.1) is 0 Å². The molecule has 10 nitrogen and oxygen atoms in total. The number of halogens is 6. The number of aliphatic carboxylic acids is 2. The van der Waals surface area contributed by atoms with Crippen molar-refractivity contribution in [1.82, 2.24) is 0 Å². The van der Waals surface area contributed by atoms with Gasteiger partial charge in [0.15, 0.2) is 24.8 Å². The number of ether oxygens (including phenoxy) is 2. The normalized spacial score (nSPS) is 10.1. The van der Waals surface area contributed by atoms with E-state index in [9.17, 15) is 19.2 Å². The van der Waals surface area contributed by atoms with Gasteiger partial charge in [-0.2, -0.15) is 0 Å². The second-order valence-electron chi connectivity index (χ2n) is 9.20. The summed E-state index contributed by atoms with van der Waals surface area (Å²) in [5.74, 6) is -1.59. The summed E-state index contributed by atoms with van der Waals surface area (Å²) < 4.78 is 10.0. The average Bonchev–Trinajstić information content (AvgIpc) is 3.08. The van der Waals surface area contributed by atoms with Crippen molar-refractivity contribution in [3.63, 3.8) is 0 Å². The topological polar surface area (TPSA) is 194 Å². The van der Waals surface area contributed by atoms with Crippen LogP contribution in [0, 0.1) is 0 Å². The van der Waals surface area contributed by atoms with Crippen molar-refractivity contribution < 1.29 is 55.3 Å². The zero-order valence-electron chi connectivity index (χ0n) is 25.9. The minimum Gasteiger partial charge on any atom is -0.693 e. The van der Waals surface area contributed by atoms with E-state index >= 15 is 0 Å². The fourth-order valence-electron chi connectivity index (χ4n) is 3.48. The van der Waals surface area contributed by atoms with Crippen LogP contribution in [0.25, 0.3) is 24.5 Å². The third kappa shape index (κ3) is 18.6. The second-order valence-corrected chi connectivity index (χ2v) is 14.1. The molecule has 0 aliphatic heterocycles. The third-order valence-corrected chi connectivity index (χ3v) is 7.23. The molecule has 17 heteroatoms. The van der Waals surface area contributed by atoms with Crippen LogP contribution in [0.15, 0.2) is 97.1 Å². The summed E-state index contributed by atoms with van der Waals surface area (Å²) >= 11 is 22.9. The molecule has 0 spiro atoms. The first kappa shape index (κ1) is 47.6. The Labute approximate surface area is 330 Å². The minimum atomic E-state index is -1.04. The van der Waals surface area contributed by atoms with E-state index < -0.39 is 41.6 Å². The third-order valence-electron chi connectivity index (χ3n) is 5.75. The molecule has 0 heterocycles. The molecule has 0 atom stereocenters. The van der Waals surface area contributed by atoms with E-state index in [1.54, 1.807) is 84.9 Å². The Hall–Kier alpha value is -3.41. The van der Waals surface area contributed by atoms with E-state index in [0.29, 0.717) is 42.7 Å². The quantitative estimate of drug-likeness (QED) is 0.103. The molecule has 0 fully saturated rings. The van der Waals surface area contributed by atoms with Crippen molar-refractivity contribution in [2.45, 2.75) is 0 Å². The number of rotatable bonds is 12. The number of nitrogens with two attached hydrogens (primary N) is 2. The van der Waals surface area contributed by atoms with Crippen LogP contribution in [0.3, 0.4) is 0 Å². The second kappa shape index (κ2) is 25.5. The van der Waals surface area contributed by atoms with E-state index in [1.165, 1.54) is 24.3 Å². The number of carboxylic acids is 2. The minimum absolute atomic E-state index is 0. The van der Waals surface area contributed by atoms with Crippen LogP contribution in [0.4, 0.5) is 0 Å². The van der Waals surface area contributed by atoms with Gasteiger partial charge in [-0.3, -0.25) is 9.59 Å². The summed E-state index contributed by atoms with van der Waals surface area (Å²) in [5.41, 5.74) is 2.44. The van der Waals surface area contributed by atoms with E-state index in [2.05, 4.69) is 0 Å². The van der Waals surface area contributed by atoms with E-state index in [0.717, 1.165) is 11.1 Å². The Balaban J connectivity index is 0.000000878. The summed E-state index contributed by atoms with van der Waals surface area (Å²) in [7, 11) is 9.75. The summed E-state index contributed by atoms with van der Waals surface area (Å²) in [6.07, 6.45) is 6.14. The van der Waals surface area contributed by atoms with E-state index in [1.807, 2.05) is 0 Å². The summed E-state index contributed by atoms with van der Waals surface area (Å²) in [5, 5.41) is 18.5. The molecule has 274 valence electrons. The van der Waals surface area contributed by atoms with Gasteiger partial charge in [0.05, 0.1) is 20.1 Å². The SMILES string of the molecule is O=C(O)COc1ccc(/C=C/C(=O)c2ccc(Cl)c(Cl)c2)cc1.O=C(O)COc1ccc(/C=C/C(=O)c2ccc(Cl)c(Cl)c2)cc1.[Cl][Pt+2][Cl].[NH2-].[NH2-]. The monoisotopic (exact) mass is 997 g/mol. The molecule has 0 amide bonds. The fourth-order valence-corrected chi connectivity index (χ4v) is 4.07. The molecule has 0 bridgehead atoms. The number of carbonyl (C=O) groups is 4. The van der Waals surface area contributed by atoms with Crippen LogP contribution in [0.2, 0.25) is 20.1 Å². The maximum Gasteiger partial charge on any atom is -0.693 e. The van der Waals surface area contributed by atoms with Crippen molar-refractivity contribution >= 4 is 101 Å². The molecule has 0 radical (unpaired) electrons. The van der Waals surface area contributed by atoms with Gasteiger partial charge in [-0.25, -0.2) is 9.59 Å². The molecule has 0 aromatic heterocycles. The Morgan fingerprint density at radius 3 is 1.14 bits per heavy atom. The van der Waals surface area contributed by atoms with Crippen molar-refractivity contribution in [1.29, 1.82) is 0 Å². The molecular weight excluding hydrogens is 972 g/mol. The molecule has 0 saturated heterocycles. The van der Waals surface area contributed by atoms with Gasteiger partial charge in [0, 0.05) is 11.1 Å². The fraction of sp³-hybridized carbons (Fsp3) is 0.0588. The van der Waals surface area contributed by atoms with E-state index in [-0.39, 0.29) is 23.9 Å². The molecule has 0 saturated carbocycles. The van der Waals surface area contributed by atoms with Crippen molar-refractivity contribution in [3.8, 4) is 11.5 Å². The number of hydrogen-bond acceptors (Lipinski definition) is 6. The Kier molecular flexibility index (Phi) is 23.8. The molecule has 0 aliphatic carbocycles. The van der Waals surface area contributed by atoms with Gasteiger partial charge in [0.2, 0.25) is 0 Å². The maximum atomic E-state index is 12.0. The van der Waals surface area contributed by atoms with Crippen molar-refractivity contribution in [2.24, 2.45) is 0 Å². The number of carbonyl (C=O) groups excluding carboxylic acids is 2. The van der Waals surface area contributed by atoms with Gasteiger partial charge < -0.3 is 32.0 Å². The molecule has 0 unspecified atom stereocenters. The molecular formula is C34H28Cl6N2O8Pt. The van der Waals surface area contributed by atoms with Gasteiger partial charge in [-0.1, -0.05) is 82.8 Å². The van der Waals surface area contributed by atoms with Crippen molar-refractivity contribution in [2.75, 3.05) is 13.2 Å². The van der Waals surface area contributed by atoms with Crippen LogP contribution in [-0.2, 0) is 26.1 Å². The smallest absolute Gasteiger partial charge is 0.693 e. The van der Waals surface area contributed by atoms with E-state index in [4.69, 9.17) is 84.9 Å². The maximum absolute atomic E-state index is 12.0. The van der Waals surface area contributed by atoms with Gasteiger partial charge >= 0.3 is 47.3 Å². The van der Waals surface area contributed by atoms with Gasteiger partial charge in [0.25, 0.3) is 0 Å². The zero-order chi connectivity index (χ0) is 36.3. The van der Waals surface area contributed by atoms with Crippen LogP contribution in [-0.4, -0.2) is 46.9 Å². The predicted octanol–water partition coefficient (Wildman–Crippen LogP) is 11.5. The van der Waals surface area contributed by atoms with Crippen LogP contribution in [0.5, 0.6) is 11.5 Å². The van der Waals surface area contributed by atoms with Crippen LogP contribution < -0.4 is 9.47 Å². The molecule has 4 rings (SSSR count). The summed E-state index contributed by atoms with van der Waals surface area (Å²) in [6, 6.07) is 22.8. The first-order valence-corrected chi connectivity index (χ1v) is 20.5. The first-order chi connectivity index (χ1) is 23.3. The molecule has 51 heavy (non-hydrogen) atoms. The summed E-state index contributed by atoms with van der Waals surface area (Å²) in [6.45, 7) is -0.796. The number of carboxylic acid groups (broad SMARTS) is 2. The largest absolute Gasteiger partial charge is 0.693 e. The summed E-state index contributed by atoms with van der Waals surface area (Å²) in [4.78, 5) is 44.9. The zero-order valence-corrected chi connectivity index (χ0v) is 32.7. The predicted molar refractivity (Wildman–Crippen MR) is 201 cm³/mol. The molecule has 4 aromatic rings. The molecule has 6 N–H and O–H groups in total. The Bertz CT molecular complexity index is 1680. The number of benzene rings is 4. The number of hydrogen-bond donors (Lipinski definition) is 2. The Morgan fingerprint density at radius 1 is 0.549 bits per heavy atom. The average molecular weight is 1000 g/mol. The van der Waals surface area contributed by atoms with Gasteiger partial charge in [-0.05, 0) is 83.9 Å². The molecule has 4 aromatic carbocycles. The Morgan fingerprint density at radius 2 is 0.863 bits per heavy atom. The van der Waals surface area contributed by atoms with Crippen LogP contribution >= 0.6 is 65.2 Å². The number of allylic oxidation sites excluding steroid dienone is 2. The van der Waals surface area contributed by atoms with Gasteiger partial charge in [0.1, 0.15) is 11.5 Å². The number of ketones is 2. The molecule has 0 aliphatic rings. The first-order valence-electron chi connectivity index (χ1n) is 13.4.